The van der Waals surface area contributed by atoms with E-state index in [1.54, 1.807) is 0 Å². The van der Waals surface area contributed by atoms with Crippen LogP contribution in [0.1, 0.15) is 17.0 Å². The Bertz CT molecular complexity index is 221. The molecule has 3 nitrogen and oxygen atoms in total. The lowest BCUT2D eigenvalue weighted by atomic mass is 10.2. The van der Waals surface area contributed by atoms with E-state index >= 15 is 0 Å². The Morgan fingerprint density at radius 3 is 2.36 bits per heavy atom. The molecule has 0 aliphatic heterocycles. The van der Waals surface area contributed by atoms with Crippen molar-refractivity contribution in [2.45, 2.75) is 20.4 Å². The number of aryl methyl sites for hydroxylation is 2. The molecule has 3 heteroatoms. The molecule has 0 radical (unpaired) electrons. The van der Waals surface area contributed by atoms with Crippen LogP contribution in [0.2, 0.25) is 0 Å². The predicted molar refractivity (Wildman–Crippen MR) is 43.4 cm³/mol. The molecule has 0 bridgehead atoms. The average molecular weight is 154 g/mol. The molecule has 11 heavy (non-hydrogen) atoms. The van der Waals surface area contributed by atoms with E-state index in [1.807, 2.05) is 27.9 Å². The summed E-state index contributed by atoms with van der Waals surface area (Å²) in [6.07, 6.45) is 0. The van der Waals surface area contributed by atoms with Gasteiger partial charge in [0.2, 0.25) is 0 Å². The van der Waals surface area contributed by atoms with Crippen molar-refractivity contribution in [2.75, 3.05) is 14.1 Å². The van der Waals surface area contributed by atoms with E-state index in [4.69, 9.17) is 4.52 Å². The van der Waals surface area contributed by atoms with E-state index in [-0.39, 0.29) is 0 Å². The maximum atomic E-state index is 5.02. The van der Waals surface area contributed by atoms with Crippen LogP contribution < -0.4 is 0 Å². The topological polar surface area (TPSA) is 29.3 Å². The molecular weight excluding hydrogens is 140 g/mol. The standard InChI is InChI=1S/C8H14N2O/c1-6-8(5-10(3)4)7(2)11-9-6/h5H2,1-4H3. The van der Waals surface area contributed by atoms with Crippen LogP contribution in [0.15, 0.2) is 4.52 Å². The van der Waals surface area contributed by atoms with E-state index < -0.39 is 0 Å². The van der Waals surface area contributed by atoms with Crippen LogP contribution in [0.5, 0.6) is 0 Å². The quantitative estimate of drug-likeness (QED) is 0.644. The largest absolute Gasteiger partial charge is 0.361 e. The second kappa shape index (κ2) is 3.05. The number of hydrogen-bond donors (Lipinski definition) is 0. The summed E-state index contributed by atoms with van der Waals surface area (Å²) < 4.78 is 5.02. The Morgan fingerprint density at radius 1 is 1.36 bits per heavy atom. The highest BCUT2D eigenvalue weighted by atomic mass is 16.5. The van der Waals surface area contributed by atoms with Gasteiger partial charge in [-0.05, 0) is 27.9 Å². The van der Waals surface area contributed by atoms with Gasteiger partial charge in [0.1, 0.15) is 5.76 Å². The summed E-state index contributed by atoms with van der Waals surface area (Å²) in [6.45, 7) is 4.81. The molecule has 1 heterocycles. The maximum Gasteiger partial charge on any atom is 0.138 e. The molecule has 0 N–H and O–H groups in total. The lowest BCUT2D eigenvalue weighted by Gasteiger charge is -2.07. The Morgan fingerprint density at radius 2 is 2.00 bits per heavy atom. The van der Waals surface area contributed by atoms with Crippen molar-refractivity contribution in [3.63, 3.8) is 0 Å². The van der Waals surface area contributed by atoms with Crippen LogP contribution in [-0.4, -0.2) is 24.2 Å². The highest BCUT2D eigenvalue weighted by Gasteiger charge is 2.08. The summed E-state index contributed by atoms with van der Waals surface area (Å²) in [5.74, 6) is 0.927. The molecule has 0 saturated heterocycles. The van der Waals surface area contributed by atoms with Gasteiger partial charge >= 0.3 is 0 Å². The Labute approximate surface area is 67.0 Å². The summed E-state index contributed by atoms with van der Waals surface area (Å²) in [5.41, 5.74) is 2.20. The van der Waals surface area contributed by atoms with Crippen LogP contribution in [0.4, 0.5) is 0 Å². The lowest BCUT2D eigenvalue weighted by Crippen LogP contribution is -2.11. The molecule has 62 valence electrons. The molecule has 1 aromatic heterocycles. The molecule has 1 aromatic rings. The van der Waals surface area contributed by atoms with Crippen molar-refractivity contribution in [1.29, 1.82) is 0 Å². The van der Waals surface area contributed by atoms with Crippen LogP contribution in [-0.2, 0) is 6.54 Å². The van der Waals surface area contributed by atoms with Gasteiger partial charge in [0.05, 0.1) is 5.69 Å². The first-order chi connectivity index (χ1) is 5.11. The second-order valence-corrected chi connectivity index (χ2v) is 3.04. The molecular formula is C8H14N2O. The smallest absolute Gasteiger partial charge is 0.138 e. The van der Waals surface area contributed by atoms with Crippen LogP contribution in [0.3, 0.4) is 0 Å². The summed E-state index contributed by atoms with van der Waals surface area (Å²) >= 11 is 0. The minimum Gasteiger partial charge on any atom is -0.361 e. The summed E-state index contributed by atoms with van der Waals surface area (Å²) in [7, 11) is 4.07. The van der Waals surface area contributed by atoms with E-state index in [0.717, 1.165) is 18.0 Å². The number of rotatable bonds is 2. The lowest BCUT2D eigenvalue weighted by molar-refractivity contribution is 0.379. The highest BCUT2D eigenvalue weighted by molar-refractivity contribution is 5.20. The molecule has 0 amide bonds. The number of aromatic nitrogens is 1. The van der Waals surface area contributed by atoms with Gasteiger partial charge in [-0.1, -0.05) is 5.16 Å². The van der Waals surface area contributed by atoms with E-state index in [0.29, 0.717) is 0 Å². The van der Waals surface area contributed by atoms with Crippen molar-refractivity contribution >= 4 is 0 Å². The molecule has 0 aliphatic rings. The average Bonchev–Trinajstić information content (AvgIpc) is 2.18. The number of hydrogen-bond acceptors (Lipinski definition) is 3. The fourth-order valence-electron chi connectivity index (χ4n) is 1.04. The van der Waals surface area contributed by atoms with Gasteiger partial charge in [-0.15, -0.1) is 0 Å². The second-order valence-electron chi connectivity index (χ2n) is 3.04. The first-order valence-corrected chi connectivity index (χ1v) is 3.67. The zero-order valence-electron chi connectivity index (χ0n) is 7.51. The third-order valence-corrected chi connectivity index (χ3v) is 1.66. The monoisotopic (exact) mass is 154 g/mol. The normalized spacial score (nSPS) is 11.0. The van der Waals surface area contributed by atoms with Crippen LogP contribution in [0.25, 0.3) is 0 Å². The van der Waals surface area contributed by atoms with E-state index in [1.165, 1.54) is 5.56 Å². The molecule has 0 aromatic carbocycles. The Kier molecular flexibility index (Phi) is 2.29. The van der Waals surface area contributed by atoms with Gasteiger partial charge < -0.3 is 9.42 Å². The van der Waals surface area contributed by atoms with Crippen LogP contribution >= 0.6 is 0 Å². The molecule has 0 unspecified atom stereocenters. The van der Waals surface area contributed by atoms with Crippen molar-refractivity contribution in [3.05, 3.63) is 17.0 Å². The molecule has 0 saturated carbocycles. The van der Waals surface area contributed by atoms with Gasteiger partial charge in [0.15, 0.2) is 0 Å². The first kappa shape index (κ1) is 8.27. The third-order valence-electron chi connectivity index (χ3n) is 1.66. The zero-order chi connectivity index (χ0) is 8.43. The van der Waals surface area contributed by atoms with E-state index in [9.17, 15) is 0 Å². The molecule has 0 fully saturated rings. The van der Waals surface area contributed by atoms with Crippen LogP contribution in [0, 0.1) is 13.8 Å². The van der Waals surface area contributed by atoms with Gasteiger partial charge in [0.25, 0.3) is 0 Å². The zero-order valence-corrected chi connectivity index (χ0v) is 7.51. The number of nitrogens with zero attached hydrogens (tertiary/aromatic N) is 2. The molecule has 1 rings (SSSR count). The van der Waals surface area contributed by atoms with Crippen molar-refractivity contribution in [2.24, 2.45) is 0 Å². The Hall–Kier alpha value is -0.830. The predicted octanol–water partition coefficient (Wildman–Crippen LogP) is 1.35. The van der Waals surface area contributed by atoms with Gasteiger partial charge in [-0.3, -0.25) is 0 Å². The van der Waals surface area contributed by atoms with E-state index in [2.05, 4.69) is 10.1 Å². The maximum absolute atomic E-state index is 5.02. The third kappa shape index (κ3) is 1.80. The fourth-order valence-corrected chi connectivity index (χ4v) is 1.04. The Balaban J connectivity index is 2.83. The van der Waals surface area contributed by atoms with Gasteiger partial charge in [0, 0.05) is 12.1 Å². The summed E-state index contributed by atoms with van der Waals surface area (Å²) in [6, 6.07) is 0. The highest BCUT2D eigenvalue weighted by Crippen LogP contribution is 2.12. The van der Waals surface area contributed by atoms with Gasteiger partial charge in [-0.25, -0.2) is 0 Å². The minimum absolute atomic E-state index is 0.904. The summed E-state index contributed by atoms with van der Waals surface area (Å²) in [4.78, 5) is 2.10. The minimum atomic E-state index is 0.904. The van der Waals surface area contributed by atoms with Gasteiger partial charge in [-0.2, -0.15) is 0 Å². The molecule has 0 atom stereocenters. The molecule has 0 aliphatic carbocycles. The molecule has 0 spiro atoms. The van der Waals surface area contributed by atoms with Crippen molar-refractivity contribution in [1.82, 2.24) is 10.1 Å². The summed E-state index contributed by atoms with van der Waals surface area (Å²) in [5, 5.41) is 3.87. The SMILES string of the molecule is Cc1noc(C)c1CN(C)C. The van der Waals surface area contributed by atoms with Crippen molar-refractivity contribution < 1.29 is 4.52 Å². The fraction of sp³-hybridized carbons (Fsp3) is 0.625. The first-order valence-electron chi connectivity index (χ1n) is 3.67. The van der Waals surface area contributed by atoms with Crippen molar-refractivity contribution in [3.8, 4) is 0 Å².